The van der Waals surface area contributed by atoms with Crippen LogP contribution in [0.15, 0.2) is 17.1 Å². The second-order valence-electron chi connectivity index (χ2n) is 8.02. The fraction of sp³-hybridized carbons (Fsp3) is 0.727. The molecule has 9 nitrogen and oxygen atoms in total. The summed E-state index contributed by atoms with van der Waals surface area (Å²) >= 11 is 0. The lowest BCUT2D eigenvalue weighted by Gasteiger charge is -2.16. The number of nitriles is 1. The third kappa shape index (κ3) is 7.42. The van der Waals surface area contributed by atoms with Crippen molar-refractivity contribution >= 4 is 11.7 Å². The molecule has 1 fully saturated rings. The molecule has 1 aromatic rings. The van der Waals surface area contributed by atoms with E-state index in [0.717, 1.165) is 23.8 Å². The highest BCUT2D eigenvalue weighted by molar-refractivity contribution is 5.89. The highest BCUT2D eigenvalue weighted by Gasteiger charge is 2.45. The zero-order valence-electron chi connectivity index (χ0n) is 18.2. The van der Waals surface area contributed by atoms with Crippen LogP contribution in [0.1, 0.15) is 77.4 Å². The number of hydrogen-bond donors (Lipinski definition) is 3. The lowest BCUT2D eigenvalue weighted by molar-refractivity contribution is -0.116. The van der Waals surface area contributed by atoms with Crippen LogP contribution in [0.3, 0.4) is 0 Å². The van der Waals surface area contributed by atoms with E-state index in [0.29, 0.717) is 6.42 Å². The van der Waals surface area contributed by atoms with Crippen molar-refractivity contribution in [3.8, 4) is 6.07 Å². The van der Waals surface area contributed by atoms with Crippen molar-refractivity contribution < 1.29 is 19.7 Å². The quantitative estimate of drug-likeness (QED) is 0.406. The van der Waals surface area contributed by atoms with Gasteiger partial charge in [0.2, 0.25) is 5.91 Å². The second kappa shape index (κ2) is 13.2. The molecule has 1 amide bonds. The third-order valence-corrected chi connectivity index (χ3v) is 5.58. The first-order valence-electron chi connectivity index (χ1n) is 11.2. The van der Waals surface area contributed by atoms with Crippen molar-refractivity contribution in [1.82, 2.24) is 9.55 Å². The summed E-state index contributed by atoms with van der Waals surface area (Å²) in [7, 11) is 0. The fourth-order valence-electron chi connectivity index (χ4n) is 3.75. The van der Waals surface area contributed by atoms with E-state index < -0.39 is 36.7 Å². The molecule has 1 saturated heterocycles. The van der Waals surface area contributed by atoms with Crippen LogP contribution in [0.2, 0.25) is 0 Å². The van der Waals surface area contributed by atoms with Crippen molar-refractivity contribution in [2.24, 2.45) is 5.92 Å². The summed E-state index contributed by atoms with van der Waals surface area (Å²) in [6.45, 7) is 1.74. The Morgan fingerprint density at radius 1 is 1.23 bits per heavy atom. The maximum atomic E-state index is 12.4. The number of hydrogen-bond acceptors (Lipinski definition) is 7. The van der Waals surface area contributed by atoms with Crippen LogP contribution in [0.5, 0.6) is 0 Å². The summed E-state index contributed by atoms with van der Waals surface area (Å²) in [4.78, 5) is 28.3. The summed E-state index contributed by atoms with van der Waals surface area (Å²) in [6.07, 6.45) is 9.03. The Morgan fingerprint density at radius 3 is 2.45 bits per heavy atom. The van der Waals surface area contributed by atoms with Gasteiger partial charge in [0.25, 0.3) is 0 Å². The molecule has 172 valence electrons. The molecule has 0 aromatic carbocycles. The van der Waals surface area contributed by atoms with E-state index in [1.54, 1.807) is 0 Å². The number of nitrogens with one attached hydrogen (secondary N) is 1. The van der Waals surface area contributed by atoms with Gasteiger partial charge in [0.15, 0.2) is 6.23 Å². The molecule has 9 heteroatoms. The number of aromatic nitrogens is 2. The Hall–Kier alpha value is -2.28. The van der Waals surface area contributed by atoms with Crippen molar-refractivity contribution in [3.05, 3.63) is 22.7 Å². The molecule has 0 radical (unpaired) electrons. The number of amides is 1. The number of anilines is 1. The van der Waals surface area contributed by atoms with E-state index in [1.807, 2.05) is 6.07 Å². The maximum Gasteiger partial charge on any atom is 0.351 e. The molecule has 0 spiro atoms. The summed E-state index contributed by atoms with van der Waals surface area (Å²) < 4.78 is 6.53. The highest BCUT2D eigenvalue weighted by atomic mass is 16.5. The van der Waals surface area contributed by atoms with Crippen LogP contribution < -0.4 is 11.0 Å². The van der Waals surface area contributed by atoms with Crippen LogP contribution in [0.25, 0.3) is 0 Å². The first kappa shape index (κ1) is 25.0. The second-order valence-corrected chi connectivity index (χ2v) is 8.02. The molecule has 4 atom stereocenters. The van der Waals surface area contributed by atoms with E-state index in [9.17, 15) is 25.1 Å². The largest absolute Gasteiger partial charge is 0.394 e. The SMILES string of the molecule is CCCCCCCCCCCC(=O)Nc1ccn([C@@H]2O[C@H](CO)[C@@H](O)[C@@H]2C#N)c(=O)n1. The van der Waals surface area contributed by atoms with Gasteiger partial charge in [-0.15, -0.1) is 0 Å². The highest BCUT2D eigenvalue weighted by Crippen LogP contribution is 2.33. The lowest BCUT2D eigenvalue weighted by atomic mass is 10.0. The number of aliphatic hydroxyl groups excluding tert-OH is 2. The van der Waals surface area contributed by atoms with Gasteiger partial charge in [-0.25, -0.2) is 4.79 Å². The van der Waals surface area contributed by atoms with E-state index in [1.165, 1.54) is 50.8 Å². The fourth-order valence-corrected chi connectivity index (χ4v) is 3.75. The van der Waals surface area contributed by atoms with E-state index in [4.69, 9.17) is 4.74 Å². The third-order valence-electron chi connectivity index (χ3n) is 5.58. The average molecular weight is 435 g/mol. The molecule has 0 saturated carbocycles. The van der Waals surface area contributed by atoms with Gasteiger partial charge in [-0.3, -0.25) is 9.36 Å². The average Bonchev–Trinajstić information content (AvgIpc) is 3.07. The minimum Gasteiger partial charge on any atom is -0.394 e. The van der Waals surface area contributed by atoms with Crippen LogP contribution in [-0.4, -0.2) is 44.5 Å². The van der Waals surface area contributed by atoms with Gasteiger partial charge in [0.1, 0.15) is 23.9 Å². The van der Waals surface area contributed by atoms with Crippen LogP contribution in [0.4, 0.5) is 5.82 Å². The van der Waals surface area contributed by atoms with Crippen molar-refractivity contribution in [2.45, 2.75) is 89.6 Å². The Bertz CT molecular complexity index is 791. The summed E-state index contributed by atoms with van der Waals surface area (Å²) in [5.41, 5.74) is -0.711. The van der Waals surface area contributed by atoms with Crippen LogP contribution in [0, 0.1) is 17.2 Å². The minimum absolute atomic E-state index is 0.132. The van der Waals surface area contributed by atoms with Crippen LogP contribution in [-0.2, 0) is 9.53 Å². The monoisotopic (exact) mass is 434 g/mol. The molecule has 31 heavy (non-hydrogen) atoms. The number of carbonyl (C=O) groups excluding carboxylic acids is 1. The van der Waals surface area contributed by atoms with Gasteiger partial charge in [0.05, 0.1) is 12.7 Å². The number of carbonyl (C=O) groups is 1. The Labute approximate surface area is 183 Å². The normalized spacial score (nSPS) is 22.9. The molecule has 2 rings (SSSR count). The van der Waals surface area contributed by atoms with Crippen LogP contribution >= 0.6 is 0 Å². The van der Waals surface area contributed by atoms with E-state index >= 15 is 0 Å². The molecular formula is C22H34N4O5. The molecule has 0 bridgehead atoms. The molecule has 1 aromatic heterocycles. The van der Waals surface area contributed by atoms with Crippen molar-refractivity contribution in [3.63, 3.8) is 0 Å². The zero-order chi connectivity index (χ0) is 22.6. The molecule has 1 aliphatic rings. The summed E-state index contributed by atoms with van der Waals surface area (Å²) in [5.74, 6) is -1.08. The molecule has 0 unspecified atom stereocenters. The zero-order valence-corrected chi connectivity index (χ0v) is 18.2. The smallest absolute Gasteiger partial charge is 0.351 e. The topological polar surface area (TPSA) is 137 Å². The number of ether oxygens (including phenoxy) is 1. The first-order valence-corrected chi connectivity index (χ1v) is 11.2. The predicted octanol–water partition coefficient (Wildman–Crippen LogP) is 2.49. The Balaban J connectivity index is 1.77. The molecule has 0 aliphatic carbocycles. The van der Waals surface area contributed by atoms with E-state index in [2.05, 4.69) is 17.2 Å². The van der Waals surface area contributed by atoms with E-state index in [-0.39, 0.29) is 11.7 Å². The summed E-state index contributed by atoms with van der Waals surface area (Å²) in [6, 6.07) is 3.36. The van der Waals surface area contributed by atoms with Gasteiger partial charge in [0, 0.05) is 12.6 Å². The first-order chi connectivity index (χ1) is 15.0. The van der Waals surface area contributed by atoms with Gasteiger partial charge in [-0.1, -0.05) is 58.3 Å². The standard InChI is InChI=1S/C22H34N4O5/c1-2-3-4-5-6-7-8-9-10-11-19(28)24-18-12-13-26(22(30)25-18)21-16(14-23)20(29)17(15-27)31-21/h12-13,16-17,20-21,27,29H,2-11,15H2,1H3,(H,24,25,28,30)/t16-,17+,20-,21+/m0/s1. The Morgan fingerprint density at radius 2 is 1.87 bits per heavy atom. The number of nitrogens with zero attached hydrogens (tertiary/aromatic N) is 3. The van der Waals surface area contributed by atoms with Crippen molar-refractivity contribution in [2.75, 3.05) is 11.9 Å². The van der Waals surface area contributed by atoms with Gasteiger partial charge < -0.3 is 20.3 Å². The lowest BCUT2D eigenvalue weighted by Crippen LogP contribution is -2.32. The van der Waals surface area contributed by atoms with Gasteiger partial charge >= 0.3 is 5.69 Å². The minimum atomic E-state index is -1.21. The molecule has 2 heterocycles. The number of aliphatic hydroxyl groups is 2. The molecule has 1 aliphatic heterocycles. The number of unbranched alkanes of at least 4 members (excludes halogenated alkanes) is 8. The molecule has 3 N–H and O–H groups in total. The number of rotatable bonds is 13. The maximum absolute atomic E-state index is 12.4. The van der Waals surface area contributed by atoms with Gasteiger partial charge in [-0.2, -0.15) is 10.2 Å². The summed E-state index contributed by atoms with van der Waals surface area (Å²) in [5, 5.41) is 31.2. The Kier molecular flexibility index (Phi) is 10.6. The van der Waals surface area contributed by atoms with Crippen molar-refractivity contribution in [1.29, 1.82) is 5.26 Å². The predicted molar refractivity (Wildman–Crippen MR) is 115 cm³/mol. The van der Waals surface area contributed by atoms with Gasteiger partial charge in [-0.05, 0) is 12.5 Å². The molecular weight excluding hydrogens is 400 g/mol.